The first-order valence-corrected chi connectivity index (χ1v) is 6.15. The summed E-state index contributed by atoms with van der Waals surface area (Å²) < 4.78 is 13.7. The summed E-state index contributed by atoms with van der Waals surface area (Å²) in [5, 5.41) is 3.39. The third kappa shape index (κ3) is 2.53. The van der Waals surface area contributed by atoms with Crippen molar-refractivity contribution in [1.82, 2.24) is 10.3 Å². The van der Waals surface area contributed by atoms with Gasteiger partial charge in [0.2, 0.25) is 5.91 Å². The van der Waals surface area contributed by atoms with Crippen molar-refractivity contribution in [2.24, 2.45) is 0 Å². The first-order chi connectivity index (χ1) is 8.61. The number of nitrogens with one attached hydrogen (secondary N) is 2. The van der Waals surface area contributed by atoms with Gasteiger partial charge in [0.1, 0.15) is 5.82 Å². The first-order valence-electron chi connectivity index (χ1n) is 6.15. The van der Waals surface area contributed by atoms with Crippen molar-refractivity contribution >= 4 is 16.8 Å². The number of hydrogen-bond acceptors (Lipinski definition) is 1. The minimum absolute atomic E-state index is 0.0755. The van der Waals surface area contributed by atoms with Crippen LogP contribution in [-0.4, -0.2) is 16.9 Å². The van der Waals surface area contributed by atoms with Crippen LogP contribution in [0, 0.1) is 5.82 Å². The normalized spacial score (nSPS) is 12.6. The fraction of sp³-hybridized carbons (Fsp3) is 0.357. The summed E-state index contributed by atoms with van der Waals surface area (Å²) in [5.41, 5.74) is 1.42. The molecule has 1 heterocycles. The predicted molar refractivity (Wildman–Crippen MR) is 69.9 cm³/mol. The Kier molecular flexibility index (Phi) is 3.65. The number of fused-ring (bicyclic) bond motifs is 1. The van der Waals surface area contributed by atoms with Crippen LogP contribution in [0.3, 0.4) is 0 Å². The summed E-state index contributed by atoms with van der Waals surface area (Å²) in [6.07, 6.45) is 2.78. The average molecular weight is 248 g/mol. The lowest BCUT2D eigenvalue weighted by Gasteiger charge is -2.10. The highest BCUT2D eigenvalue weighted by Gasteiger charge is 2.12. The molecule has 1 amide bonds. The molecule has 0 bridgehead atoms. The van der Waals surface area contributed by atoms with Gasteiger partial charge in [-0.2, -0.15) is 0 Å². The molecule has 0 aliphatic heterocycles. The second kappa shape index (κ2) is 5.21. The van der Waals surface area contributed by atoms with Crippen molar-refractivity contribution in [3.8, 4) is 0 Å². The predicted octanol–water partition coefficient (Wildman–Crippen LogP) is 2.76. The van der Waals surface area contributed by atoms with Crippen LogP contribution in [0.15, 0.2) is 24.4 Å². The molecule has 0 radical (unpaired) electrons. The van der Waals surface area contributed by atoms with Crippen molar-refractivity contribution < 1.29 is 9.18 Å². The van der Waals surface area contributed by atoms with Gasteiger partial charge in [0.25, 0.3) is 0 Å². The number of aromatic nitrogens is 1. The SMILES string of the molecule is CCC(C)NC(=O)Cc1c[nH]c2cccc(F)c12. The molecule has 1 aromatic carbocycles. The molecule has 2 aromatic rings. The molecule has 4 heteroatoms. The summed E-state index contributed by atoms with van der Waals surface area (Å²) in [6.45, 7) is 3.96. The Morgan fingerprint density at radius 1 is 1.50 bits per heavy atom. The number of carbonyl (C=O) groups excluding carboxylic acids is 1. The Hall–Kier alpha value is -1.84. The van der Waals surface area contributed by atoms with Crippen molar-refractivity contribution in [1.29, 1.82) is 0 Å². The number of benzene rings is 1. The maximum atomic E-state index is 13.7. The van der Waals surface area contributed by atoms with E-state index in [9.17, 15) is 9.18 Å². The van der Waals surface area contributed by atoms with Gasteiger partial charge in [-0.05, 0) is 31.0 Å². The molecule has 2 rings (SSSR count). The van der Waals surface area contributed by atoms with Crippen molar-refractivity contribution in [3.63, 3.8) is 0 Å². The molecule has 0 aliphatic carbocycles. The molecule has 0 saturated carbocycles. The molecule has 0 spiro atoms. The second-order valence-electron chi connectivity index (χ2n) is 4.53. The second-order valence-corrected chi connectivity index (χ2v) is 4.53. The molecule has 96 valence electrons. The number of amides is 1. The van der Waals surface area contributed by atoms with E-state index in [0.717, 1.165) is 11.9 Å². The largest absolute Gasteiger partial charge is 0.361 e. The number of H-pyrrole nitrogens is 1. The standard InChI is InChI=1S/C14H17FN2O/c1-3-9(2)17-13(18)7-10-8-16-12-6-4-5-11(15)14(10)12/h4-6,8-9,16H,3,7H2,1-2H3,(H,17,18). The van der Waals surface area contributed by atoms with E-state index in [0.29, 0.717) is 10.9 Å². The Balaban J connectivity index is 2.19. The third-order valence-electron chi connectivity index (χ3n) is 3.11. The van der Waals surface area contributed by atoms with Gasteiger partial charge < -0.3 is 10.3 Å². The molecular weight excluding hydrogens is 231 g/mol. The molecule has 2 N–H and O–H groups in total. The minimum Gasteiger partial charge on any atom is -0.361 e. The number of halogens is 1. The first kappa shape index (κ1) is 12.6. The van der Waals surface area contributed by atoms with Crippen molar-refractivity contribution in [2.75, 3.05) is 0 Å². The maximum absolute atomic E-state index is 13.7. The number of rotatable bonds is 4. The van der Waals surface area contributed by atoms with E-state index in [1.165, 1.54) is 6.07 Å². The topological polar surface area (TPSA) is 44.9 Å². The number of carbonyl (C=O) groups is 1. The summed E-state index contributed by atoms with van der Waals surface area (Å²) in [7, 11) is 0. The van der Waals surface area contributed by atoms with Crippen LogP contribution in [0.25, 0.3) is 10.9 Å². The van der Waals surface area contributed by atoms with Crippen molar-refractivity contribution in [3.05, 3.63) is 35.8 Å². The Morgan fingerprint density at radius 2 is 2.28 bits per heavy atom. The van der Waals surface area contributed by atoms with Crippen LogP contribution >= 0.6 is 0 Å². The zero-order valence-corrected chi connectivity index (χ0v) is 10.6. The Labute approximate surface area is 105 Å². The summed E-state index contributed by atoms with van der Waals surface area (Å²) in [4.78, 5) is 14.8. The highest BCUT2D eigenvalue weighted by Crippen LogP contribution is 2.21. The van der Waals surface area contributed by atoms with Gasteiger partial charge >= 0.3 is 0 Å². The molecule has 1 atom stereocenters. The quantitative estimate of drug-likeness (QED) is 0.858. The summed E-state index contributed by atoms with van der Waals surface area (Å²) in [6, 6.07) is 5.00. The number of aromatic amines is 1. The van der Waals surface area contributed by atoms with Crippen LogP contribution in [0.4, 0.5) is 4.39 Å². The lowest BCUT2D eigenvalue weighted by molar-refractivity contribution is -0.121. The van der Waals surface area contributed by atoms with E-state index in [1.807, 2.05) is 13.8 Å². The molecule has 1 aromatic heterocycles. The van der Waals surface area contributed by atoms with Gasteiger partial charge in [-0.3, -0.25) is 4.79 Å². The summed E-state index contributed by atoms with van der Waals surface area (Å²) in [5.74, 6) is -0.367. The van der Waals surface area contributed by atoms with Gasteiger partial charge in [-0.15, -0.1) is 0 Å². The molecule has 18 heavy (non-hydrogen) atoms. The molecule has 1 unspecified atom stereocenters. The van der Waals surface area contributed by atoms with Crippen LogP contribution in [0.5, 0.6) is 0 Å². The van der Waals surface area contributed by atoms with E-state index in [2.05, 4.69) is 10.3 Å². The van der Waals surface area contributed by atoms with E-state index >= 15 is 0 Å². The van der Waals surface area contributed by atoms with Crippen LogP contribution < -0.4 is 5.32 Å². The minimum atomic E-state index is -0.292. The monoisotopic (exact) mass is 248 g/mol. The average Bonchev–Trinajstić information content (AvgIpc) is 2.73. The third-order valence-corrected chi connectivity index (χ3v) is 3.11. The molecule has 0 saturated heterocycles. The van der Waals surface area contributed by atoms with Crippen LogP contribution in [0.1, 0.15) is 25.8 Å². The fourth-order valence-electron chi connectivity index (χ4n) is 1.95. The molecular formula is C14H17FN2O. The van der Waals surface area contributed by atoms with Gasteiger partial charge in [-0.25, -0.2) is 4.39 Å². The van der Waals surface area contributed by atoms with Gasteiger partial charge in [0.05, 0.1) is 6.42 Å². The van der Waals surface area contributed by atoms with Gasteiger partial charge in [0.15, 0.2) is 0 Å². The Morgan fingerprint density at radius 3 is 3.00 bits per heavy atom. The van der Waals surface area contributed by atoms with E-state index < -0.39 is 0 Å². The molecule has 3 nitrogen and oxygen atoms in total. The van der Waals surface area contributed by atoms with Crippen LogP contribution in [0.2, 0.25) is 0 Å². The maximum Gasteiger partial charge on any atom is 0.224 e. The lowest BCUT2D eigenvalue weighted by atomic mass is 10.1. The van der Waals surface area contributed by atoms with E-state index in [4.69, 9.17) is 0 Å². The smallest absolute Gasteiger partial charge is 0.224 e. The Bertz CT molecular complexity index is 562. The molecule has 0 aliphatic rings. The van der Waals surface area contributed by atoms with Crippen molar-refractivity contribution in [2.45, 2.75) is 32.7 Å². The number of hydrogen-bond donors (Lipinski definition) is 2. The zero-order valence-electron chi connectivity index (χ0n) is 10.6. The van der Waals surface area contributed by atoms with Crippen LogP contribution in [-0.2, 0) is 11.2 Å². The van der Waals surface area contributed by atoms with E-state index in [1.54, 1.807) is 18.3 Å². The van der Waals surface area contributed by atoms with Gasteiger partial charge in [0, 0.05) is 23.1 Å². The highest BCUT2D eigenvalue weighted by molar-refractivity contribution is 5.89. The zero-order chi connectivity index (χ0) is 13.1. The van der Waals surface area contributed by atoms with E-state index in [-0.39, 0.29) is 24.2 Å². The lowest BCUT2D eigenvalue weighted by Crippen LogP contribution is -2.33. The van der Waals surface area contributed by atoms with Gasteiger partial charge in [-0.1, -0.05) is 13.0 Å². The highest BCUT2D eigenvalue weighted by atomic mass is 19.1. The fourth-order valence-corrected chi connectivity index (χ4v) is 1.95. The summed E-state index contributed by atoms with van der Waals surface area (Å²) >= 11 is 0. The molecule has 0 fully saturated rings.